The summed E-state index contributed by atoms with van der Waals surface area (Å²) >= 11 is 5.85. The van der Waals surface area contributed by atoms with Gasteiger partial charge in [0.2, 0.25) is 0 Å². The summed E-state index contributed by atoms with van der Waals surface area (Å²) in [5.74, 6) is 5.89. The number of amidine groups is 1. The van der Waals surface area contributed by atoms with Crippen molar-refractivity contribution in [2.75, 3.05) is 6.61 Å². The van der Waals surface area contributed by atoms with Crippen LogP contribution in [0.5, 0.6) is 5.75 Å². The first-order valence-corrected chi connectivity index (χ1v) is 4.42. The van der Waals surface area contributed by atoms with E-state index in [1.54, 1.807) is 12.1 Å². The van der Waals surface area contributed by atoms with Gasteiger partial charge in [-0.05, 0) is 30.7 Å². The second-order valence-electron chi connectivity index (χ2n) is 2.82. The fourth-order valence-corrected chi connectivity index (χ4v) is 1.02. The van der Waals surface area contributed by atoms with Crippen molar-refractivity contribution in [2.45, 2.75) is 6.92 Å². The number of benzene rings is 1. The number of aryl methyl sites for hydroxylation is 1. The number of hydrazone groups is 1. The fourth-order valence-electron chi connectivity index (χ4n) is 0.902. The maximum Gasteiger partial charge on any atom is 0.157 e. The number of nitrogens with zero attached hydrogens (tertiary/aromatic N) is 1. The number of rotatable bonds is 3. The van der Waals surface area contributed by atoms with E-state index in [0.29, 0.717) is 10.8 Å². The Kier molecular flexibility index (Phi) is 3.59. The average molecular weight is 214 g/mol. The highest BCUT2D eigenvalue weighted by Crippen LogP contribution is 2.20. The zero-order chi connectivity index (χ0) is 10.6. The van der Waals surface area contributed by atoms with E-state index in [1.807, 2.05) is 13.0 Å². The molecule has 76 valence electrons. The number of hydrogen-bond acceptors (Lipinski definition) is 3. The first-order valence-electron chi connectivity index (χ1n) is 4.04. The molecule has 14 heavy (non-hydrogen) atoms. The summed E-state index contributed by atoms with van der Waals surface area (Å²) in [5.41, 5.74) is 6.31. The average Bonchev–Trinajstić information content (AvgIpc) is 2.19. The molecule has 0 radical (unpaired) electrons. The lowest BCUT2D eigenvalue weighted by molar-refractivity contribution is 0.374. The van der Waals surface area contributed by atoms with Crippen LogP contribution in [0.3, 0.4) is 0 Å². The minimum Gasteiger partial charge on any atom is -0.486 e. The monoisotopic (exact) mass is 213 g/mol. The van der Waals surface area contributed by atoms with E-state index >= 15 is 0 Å². The molecule has 0 amide bonds. The molecule has 0 saturated heterocycles. The molecule has 1 aromatic rings. The van der Waals surface area contributed by atoms with Gasteiger partial charge in [0.1, 0.15) is 12.4 Å². The van der Waals surface area contributed by atoms with E-state index in [1.165, 1.54) is 0 Å². The van der Waals surface area contributed by atoms with Gasteiger partial charge in [-0.2, -0.15) is 5.10 Å². The van der Waals surface area contributed by atoms with Crippen molar-refractivity contribution in [3.8, 4) is 5.75 Å². The SMILES string of the molecule is Cc1cc(OC/C(N)=N/N)ccc1Cl. The quantitative estimate of drug-likeness (QED) is 0.344. The van der Waals surface area contributed by atoms with Gasteiger partial charge in [-0.3, -0.25) is 0 Å². The van der Waals surface area contributed by atoms with Crippen LogP contribution in [0.15, 0.2) is 23.3 Å². The molecule has 0 unspecified atom stereocenters. The molecule has 0 atom stereocenters. The third-order valence-corrected chi connectivity index (χ3v) is 2.11. The molecular weight excluding hydrogens is 202 g/mol. The Bertz CT molecular complexity index is 352. The van der Waals surface area contributed by atoms with E-state index in [4.69, 9.17) is 27.9 Å². The van der Waals surface area contributed by atoms with Crippen LogP contribution in [0, 0.1) is 6.92 Å². The van der Waals surface area contributed by atoms with Gasteiger partial charge in [0.25, 0.3) is 0 Å². The Morgan fingerprint density at radius 1 is 1.57 bits per heavy atom. The van der Waals surface area contributed by atoms with Gasteiger partial charge >= 0.3 is 0 Å². The summed E-state index contributed by atoms with van der Waals surface area (Å²) in [6, 6.07) is 5.35. The molecule has 0 heterocycles. The molecule has 4 N–H and O–H groups in total. The molecule has 0 bridgehead atoms. The minimum atomic E-state index is 0.178. The number of ether oxygens (including phenoxy) is 1. The summed E-state index contributed by atoms with van der Waals surface area (Å²) in [7, 11) is 0. The zero-order valence-corrected chi connectivity index (χ0v) is 8.58. The lowest BCUT2D eigenvalue weighted by Gasteiger charge is -2.06. The minimum absolute atomic E-state index is 0.178. The van der Waals surface area contributed by atoms with Crippen molar-refractivity contribution >= 4 is 17.4 Å². The molecular formula is C9H12ClN3O. The fraction of sp³-hybridized carbons (Fsp3) is 0.222. The van der Waals surface area contributed by atoms with E-state index in [2.05, 4.69) is 5.10 Å². The first kappa shape index (κ1) is 10.7. The summed E-state index contributed by atoms with van der Waals surface area (Å²) in [6.45, 7) is 2.08. The van der Waals surface area contributed by atoms with Gasteiger partial charge in [0, 0.05) is 5.02 Å². The number of hydrogen-bond donors (Lipinski definition) is 2. The lowest BCUT2D eigenvalue weighted by atomic mass is 10.2. The Morgan fingerprint density at radius 3 is 2.86 bits per heavy atom. The van der Waals surface area contributed by atoms with Crippen molar-refractivity contribution in [3.63, 3.8) is 0 Å². The van der Waals surface area contributed by atoms with Gasteiger partial charge < -0.3 is 16.3 Å². The predicted octanol–water partition coefficient (Wildman–Crippen LogP) is 1.26. The highest BCUT2D eigenvalue weighted by atomic mass is 35.5. The highest BCUT2D eigenvalue weighted by Gasteiger charge is 1.99. The van der Waals surface area contributed by atoms with Gasteiger partial charge in [0.05, 0.1) is 0 Å². The standard InChI is InChI=1S/C9H12ClN3O/c1-6-4-7(2-3-8(6)10)14-5-9(11)13-12/h2-4H,5,12H2,1H3,(H2,11,13). The molecule has 1 rings (SSSR count). The maximum absolute atomic E-state index is 5.85. The third-order valence-electron chi connectivity index (χ3n) is 1.68. The maximum atomic E-state index is 5.85. The topological polar surface area (TPSA) is 73.6 Å². The van der Waals surface area contributed by atoms with Crippen molar-refractivity contribution in [3.05, 3.63) is 28.8 Å². The van der Waals surface area contributed by atoms with E-state index in [9.17, 15) is 0 Å². The molecule has 0 spiro atoms. The predicted molar refractivity (Wildman–Crippen MR) is 57.5 cm³/mol. The van der Waals surface area contributed by atoms with E-state index in [-0.39, 0.29) is 12.4 Å². The second-order valence-corrected chi connectivity index (χ2v) is 3.23. The van der Waals surface area contributed by atoms with Crippen LogP contribution in [0.4, 0.5) is 0 Å². The molecule has 0 saturated carbocycles. The van der Waals surface area contributed by atoms with E-state index in [0.717, 1.165) is 5.56 Å². The molecule has 0 aromatic heterocycles. The van der Waals surface area contributed by atoms with E-state index < -0.39 is 0 Å². The lowest BCUT2D eigenvalue weighted by Crippen LogP contribution is -2.22. The molecule has 4 nitrogen and oxygen atoms in total. The van der Waals surface area contributed by atoms with Crippen molar-refractivity contribution in [1.29, 1.82) is 0 Å². The Balaban J connectivity index is 2.64. The molecule has 0 aliphatic carbocycles. The Morgan fingerprint density at radius 2 is 2.29 bits per heavy atom. The van der Waals surface area contributed by atoms with Crippen LogP contribution in [0.2, 0.25) is 5.02 Å². The van der Waals surface area contributed by atoms with Crippen LogP contribution in [-0.4, -0.2) is 12.4 Å². The van der Waals surface area contributed by atoms with Gasteiger partial charge in [-0.1, -0.05) is 11.6 Å². The highest BCUT2D eigenvalue weighted by molar-refractivity contribution is 6.31. The van der Waals surface area contributed by atoms with Crippen molar-refractivity contribution < 1.29 is 4.74 Å². The summed E-state index contributed by atoms with van der Waals surface area (Å²) < 4.78 is 5.30. The largest absolute Gasteiger partial charge is 0.486 e. The van der Waals surface area contributed by atoms with Crippen LogP contribution in [0.1, 0.15) is 5.56 Å². The van der Waals surface area contributed by atoms with Crippen molar-refractivity contribution in [2.24, 2.45) is 16.7 Å². The van der Waals surface area contributed by atoms with Crippen LogP contribution in [0.25, 0.3) is 0 Å². The summed E-state index contributed by atoms with van der Waals surface area (Å²) in [6.07, 6.45) is 0. The third kappa shape index (κ3) is 2.81. The molecule has 0 fully saturated rings. The normalized spacial score (nSPS) is 11.4. The molecule has 0 aliphatic rings. The smallest absolute Gasteiger partial charge is 0.157 e. The second kappa shape index (κ2) is 4.72. The summed E-state index contributed by atoms with van der Waals surface area (Å²) in [5, 5.41) is 3.99. The molecule has 5 heteroatoms. The first-order chi connectivity index (χ1) is 6.63. The summed E-state index contributed by atoms with van der Waals surface area (Å²) in [4.78, 5) is 0. The zero-order valence-electron chi connectivity index (χ0n) is 7.83. The van der Waals surface area contributed by atoms with Gasteiger partial charge in [0.15, 0.2) is 5.84 Å². The number of halogens is 1. The molecule has 1 aromatic carbocycles. The Hall–Kier alpha value is -1.42. The number of nitrogens with two attached hydrogens (primary N) is 2. The van der Waals surface area contributed by atoms with Crippen LogP contribution in [-0.2, 0) is 0 Å². The van der Waals surface area contributed by atoms with Gasteiger partial charge in [-0.15, -0.1) is 0 Å². The van der Waals surface area contributed by atoms with Gasteiger partial charge in [-0.25, -0.2) is 0 Å². The van der Waals surface area contributed by atoms with Crippen LogP contribution >= 0.6 is 11.6 Å². The van der Waals surface area contributed by atoms with Crippen molar-refractivity contribution in [1.82, 2.24) is 0 Å². The Labute approximate surface area is 87.5 Å². The van der Waals surface area contributed by atoms with Crippen LogP contribution < -0.4 is 16.3 Å². The molecule has 0 aliphatic heterocycles.